The molecule has 0 aromatic carbocycles. The van der Waals surface area contributed by atoms with E-state index in [1.807, 2.05) is 57.2 Å². The first-order valence-electron chi connectivity index (χ1n) is 22.9. The maximum atomic E-state index is 14.5. The largest absolute Gasteiger partial charge is 0.456 e. The van der Waals surface area contributed by atoms with E-state index in [9.17, 15) is 34.5 Å². The first-order chi connectivity index (χ1) is 30.0. The van der Waals surface area contributed by atoms with Gasteiger partial charge in [0.15, 0.2) is 0 Å². The van der Waals surface area contributed by atoms with E-state index >= 15 is 0 Å². The van der Waals surface area contributed by atoms with E-state index in [1.54, 1.807) is 33.4 Å². The van der Waals surface area contributed by atoms with E-state index in [0.717, 1.165) is 11.1 Å². The number of aliphatic hydroxyl groups is 3. The number of piperidine rings is 1. The van der Waals surface area contributed by atoms with Gasteiger partial charge in [-0.05, 0) is 113 Å². The number of nitrogens with zero attached hydrogens (tertiary/aromatic N) is 2. The van der Waals surface area contributed by atoms with Crippen molar-refractivity contribution >= 4 is 29.5 Å². The molecule has 0 radical (unpaired) electrons. The number of fused-ring (bicyclic) bond motifs is 3. The summed E-state index contributed by atoms with van der Waals surface area (Å²) in [6.45, 7) is 9.29. The van der Waals surface area contributed by atoms with Crippen molar-refractivity contribution in [3.05, 3.63) is 59.5 Å². The summed E-state index contributed by atoms with van der Waals surface area (Å²) in [5, 5.41) is 34.5. The van der Waals surface area contributed by atoms with Gasteiger partial charge in [-0.3, -0.25) is 19.4 Å². The summed E-state index contributed by atoms with van der Waals surface area (Å²) < 4.78 is 30.0. The summed E-state index contributed by atoms with van der Waals surface area (Å²) >= 11 is 0. The molecule has 3 N–H and O–H groups in total. The monoisotopic (exact) mass is 881 g/mol. The Balaban J connectivity index is 1.55. The Bertz CT molecular complexity index is 1800. The zero-order valence-corrected chi connectivity index (χ0v) is 38.5. The minimum absolute atomic E-state index is 0.0145. The first kappa shape index (κ1) is 50.4. The first-order valence-corrected chi connectivity index (χ1v) is 22.9. The standard InChI is InChI=1S/C49H72N2O12/c1-29-22-30(2)24-42(60-7)45-43(61-8)26-32(4)49(58,63-45)46(55)47(56)51-21-10-9-14-37(51)48(57)62-44(31(3)25-35-15-16-38(52)41(27-35)59-6)33(5)39(53)28-40(54)36(23-29)13-11-12-34-17-19-50-20-18-34/h11-12,17-20,23,25,30,32-33,35-39,41-45,52-53,58H,9-10,13-16,21-22,24,26-28H2,1-8H3/b12-11+,29-23+,31-25+/t30-,32+,33+,35-,36+,37-,38+,39-,41+,42?,43?,44+,45+,49+/m0/s1. The fourth-order valence-corrected chi connectivity index (χ4v) is 10.1. The molecule has 63 heavy (non-hydrogen) atoms. The Morgan fingerprint density at radius 1 is 0.905 bits per heavy atom. The van der Waals surface area contributed by atoms with Gasteiger partial charge in [-0.1, -0.05) is 50.6 Å². The van der Waals surface area contributed by atoms with Crippen molar-refractivity contribution in [2.75, 3.05) is 27.9 Å². The number of hydrogen-bond donors (Lipinski definition) is 3. The smallest absolute Gasteiger partial charge is 0.329 e. The van der Waals surface area contributed by atoms with Gasteiger partial charge < -0.3 is 43.9 Å². The Morgan fingerprint density at radius 2 is 1.59 bits per heavy atom. The van der Waals surface area contributed by atoms with E-state index < -0.39 is 83.9 Å². The number of Topliss-reactive ketones (excluding diaryl/α,β-unsaturated/α-hetero) is 2. The molecule has 1 amide bonds. The van der Waals surface area contributed by atoms with Crippen molar-refractivity contribution in [2.24, 2.45) is 29.6 Å². The van der Waals surface area contributed by atoms with E-state index in [2.05, 4.69) is 4.98 Å². The molecule has 4 heterocycles. The highest BCUT2D eigenvalue weighted by Gasteiger charge is 2.56. The second kappa shape index (κ2) is 23.0. The summed E-state index contributed by atoms with van der Waals surface area (Å²) in [6.07, 6.45) is 10.3. The lowest BCUT2D eigenvalue weighted by Gasteiger charge is -2.47. The molecule has 14 nitrogen and oxygen atoms in total. The molecule has 14 heteroatoms. The Labute approximate surface area is 373 Å². The van der Waals surface area contributed by atoms with Crippen LogP contribution in [0.2, 0.25) is 0 Å². The van der Waals surface area contributed by atoms with Crippen molar-refractivity contribution in [1.82, 2.24) is 9.88 Å². The van der Waals surface area contributed by atoms with Crippen LogP contribution in [0, 0.1) is 29.6 Å². The van der Waals surface area contributed by atoms with E-state index in [-0.39, 0.29) is 49.5 Å². The number of carbonyl (C=O) groups excluding carboxylic acids is 4. The van der Waals surface area contributed by atoms with Crippen LogP contribution in [0.25, 0.3) is 6.08 Å². The van der Waals surface area contributed by atoms with Crippen LogP contribution in [0.4, 0.5) is 0 Å². The van der Waals surface area contributed by atoms with Crippen molar-refractivity contribution in [1.29, 1.82) is 0 Å². The predicted molar refractivity (Wildman–Crippen MR) is 236 cm³/mol. The minimum Gasteiger partial charge on any atom is -0.456 e. The number of ether oxygens (including phenoxy) is 5. The van der Waals surface area contributed by atoms with Gasteiger partial charge in [0.25, 0.3) is 11.7 Å². The van der Waals surface area contributed by atoms with Crippen LogP contribution in [0.5, 0.6) is 0 Å². The average Bonchev–Trinajstić information content (AvgIpc) is 3.27. The number of ketones is 2. The van der Waals surface area contributed by atoms with Gasteiger partial charge in [-0.25, -0.2) is 4.79 Å². The maximum Gasteiger partial charge on any atom is 0.329 e. The molecule has 4 aliphatic rings. The highest BCUT2D eigenvalue weighted by Crippen LogP contribution is 2.39. The Morgan fingerprint density at radius 3 is 2.27 bits per heavy atom. The van der Waals surface area contributed by atoms with Crippen LogP contribution in [0.15, 0.2) is 53.9 Å². The van der Waals surface area contributed by atoms with Gasteiger partial charge in [0.05, 0.1) is 30.5 Å². The molecule has 3 fully saturated rings. The van der Waals surface area contributed by atoms with Crippen LogP contribution in [0.3, 0.4) is 0 Å². The number of allylic oxidation sites excluding steroid dienone is 4. The predicted octanol–water partition coefficient (Wildman–Crippen LogP) is 5.56. The van der Waals surface area contributed by atoms with Gasteiger partial charge in [0, 0.05) is 64.4 Å². The normalized spacial score (nSPS) is 38.3. The molecular formula is C49H72N2O12. The van der Waals surface area contributed by atoms with Crippen molar-refractivity contribution in [2.45, 2.75) is 160 Å². The lowest BCUT2D eigenvalue weighted by atomic mass is 9.81. The van der Waals surface area contributed by atoms with Crippen molar-refractivity contribution < 1.29 is 58.2 Å². The van der Waals surface area contributed by atoms with Crippen molar-refractivity contribution in [3.8, 4) is 0 Å². The molecule has 1 aliphatic carbocycles. The number of hydrogen-bond acceptors (Lipinski definition) is 13. The van der Waals surface area contributed by atoms with Gasteiger partial charge in [0.1, 0.15) is 24.0 Å². The third-order valence-corrected chi connectivity index (χ3v) is 13.9. The van der Waals surface area contributed by atoms with Gasteiger partial charge in [-0.2, -0.15) is 0 Å². The second-order valence-corrected chi connectivity index (χ2v) is 18.7. The third kappa shape index (κ3) is 12.6. The number of esters is 1. The molecule has 3 aliphatic heterocycles. The number of aliphatic hydroxyl groups excluding tert-OH is 2. The summed E-state index contributed by atoms with van der Waals surface area (Å²) in [5.41, 5.74) is 2.54. The summed E-state index contributed by atoms with van der Waals surface area (Å²) in [7, 11) is 4.62. The maximum absolute atomic E-state index is 14.5. The zero-order chi connectivity index (χ0) is 46.0. The van der Waals surface area contributed by atoms with Crippen LogP contribution < -0.4 is 0 Å². The lowest BCUT2D eigenvalue weighted by Crippen LogP contribution is -2.64. The highest BCUT2D eigenvalue weighted by atomic mass is 16.7. The number of aromatic nitrogens is 1. The third-order valence-electron chi connectivity index (χ3n) is 13.9. The van der Waals surface area contributed by atoms with Crippen molar-refractivity contribution in [3.63, 3.8) is 0 Å². The quantitative estimate of drug-likeness (QED) is 0.167. The number of carbonyl (C=O) groups is 4. The van der Waals surface area contributed by atoms with Crippen LogP contribution in [-0.4, -0.2) is 131 Å². The molecule has 1 saturated carbocycles. The highest BCUT2D eigenvalue weighted by molar-refractivity contribution is 6.39. The van der Waals surface area contributed by atoms with Gasteiger partial charge in [-0.15, -0.1) is 0 Å². The number of cyclic esters (lactones) is 1. The van der Waals surface area contributed by atoms with Crippen LogP contribution >= 0.6 is 0 Å². The summed E-state index contributed by atoms with van der Waals surface area (Å²) in [5.74, 6) is -7.90. The van der Waals surface area contributed by atoms with E-state index in [0.29, 0.717) is 56.9 Å². The molecule has 2 saturated heterocycles. The minimum atomic E-state index is -2.53. The summed E-state index contributed by atoms with van der Waals surface area (Å²) in [4.78, 5) is 62.7. The Kier molecular flexibility index (Phi) is 18.4. The average molecular weight is 881 g/mol. The molecular weight excluding hydrogens is 809 g/mol. The number of pyridine rings is 1. The van der Waals surface area contributed by atoms with Gasteiger partial charge in [0.2, 0.25) is 5.79 Å². The van der Waals surface area contributed by atoms with E-state index in [4.69, 9.17) is 23.7 Å². The number of methoxy groups -OCH3 is 3. The molecule has 14 atom stereocenters. The Hall–Kier alpha value is -3.63. The fraction of sp³-hybridized carbons (Fsp3) is 0.694. The molecule has 2 unspecified atom stereocenters. The van der Waals surface area contributed by atoms with Gasteiger partial charge >= 0.3 is 5.97 Å². The second-order valence-electron chi connectivity index (χ2n) is 18.7. The lowest BCUT2D eigenvalue weighted by molar-refractivity contribution is -0.302. The topological polar surface area (TPSA) is 191 Å². The van der Waals surface area contributed by atoms with Crippen LogP contribution in [-0.2, 0) is 42.9 Å². The fourth-order valence-electron chi connectivity index (χ4n) is 10.1. The number of rotatable bonds is 8. The molecule has 1 aromatic rings. The molecule has 1 aromatic heterocycles. The van der Waals surface area contributed by atoms with Crippen LogP contribution in [0.1, 0.15) is 111 Å². The molecule has 5 rings (SSSR count). The number of amides is 1. The molecule has 0 spiro atoms. The molecule has 350 valence electrons. The summed E-state index contributed by atoms with van der Waals surface area (Å²) in [6, 6.07) is 2.59. The SMILES string of the molecule is COC1C[C@@H](C)C/C(C)=C/[C@@H](C/C=C/c2ccncc2)C(=O)C[C@H](O)[C@@H](C)[C@@H](/C(C)=C/[C@@H]2CC[C@@H](O)[C@H](OC)C2)OC(=O)[C@@H]2CCCCN2C(=O)C(=O)[C@]2(O)O[C@H]1C(OC)C[C@H]2C. The zero-order valence-electron chi connectivity index (χ0n) is 38.5. The van der Waals surface area contributed by atoms with E-state index in [1.165, 1.54) is 19.1 Å². The molecule has 2 bridgehead atoms.